The van der Waals surface area contributed by atoms with Crippen molar-refractivity contribution in [2.75, 3.05) is 26.4 Å². The van der Waals surface area contributed by atoms with Crippen molar-refractivity contribution in [1.82, 2.24) is 5.32 Å². The summed E-state index contributed by atoms with van der Waals surface area (Å²) in [6.45, 7) is 3.41. The molecule has 3 N–H and O–H groups in total. The molecule has 0 saturated carbocycles. The average Bonchev–Trinajstić information content (AvgIpc) is 3.22. The van der Waals surface area contributed by atoms with Gasteiger partial charge in [0.2, 0.25) is 5.91 Å². The van der Waals surface area contributed by atoms with Crippen LogP contribution in [0.2, 0.25) is 0 Å². The molecule has 0 fully saturated rings. The van der Waals surface area contributed by atoms with Crippen LogP contribution in [0.3, 0.4) is 0 Å². The van der Waals surface area contributed by atoms with E-state index in [4.69, 9.17) is 13.8 Å². The number of phosphoric ester groups is 1. The van der Waals surface area contributed by atoms with Gasteiger partial charge < -0.3 is 20.1 Å². The summed E-state index contributed by atoms with van der Waals surface area (Å²) in [5.41, 5.74) is 0. The molecule has 0 rings (SSSR count). The van der Waals surface area contributed by atoms with E-state index in [9.17, 15) is 24.2 Å². The number of hydrogen-bond donors (Lipinski definition) is 3. The van der Waals surface area contributed by atoms with Crippen molar-refractivity contribution >= 4 is 19.7 Å². The van der Waals surface area contributed by atoms with Gasteiger partial charge in [-0.05, 0) is 83.5 Å². The molecule has 0 spiro atoms. The Kier molecular flexibility index (Phi) is 43.0. The van der Waals surface area contributed by atoms with Gasteiger partial charge in [-0.1, -0.05) is 170 Å². The lowest BCUT2D eigenvalue weighted by atomic mass is 10.1. The van der Waals surface area contributed by atoms with Gasteiger partial charge in [-0.3, -0.25) is 18.6 Å². The molecule has 0 saturated heterocycles. The highest BCUT2D eigenvalue weighted by atomic mass is 31.2. The van der Waals surface area contributed by atoms with Gasteiger partial charge in [-0.25, -0.2) is 4.57 Å². The molecule has 0 aliphatic rings. The van der Waals surface area contributed by atoms with Gasteiger partial charge in [0.25, 0.3) is 0 Å². The molecular weight excluding hydrogens is 762 g/mol. The molecule has 0 heterocycles. The van der Waals surface area contributed by atoms with Gasteiger partial charge >= 0.3 is 13.8 Å². The number of ether oxygens (including phenoxy) is 1. The molecule has 0 aromatic carbocycles. The Balaban J connectivity index is 3.64. The number of rotatable bonds is 43. The number of unbranched alkanes of at least 4 members (excludes halogenated alkanes) is 18. The summed E-state index contributed by atoms with van der Waals surface area (Å²) in [7, 11) is -4.43. The van der Waals surface area contributed by atoms with E-state index in [-0.39, 0.29) is 32.1 Å². The number of amides is 1. The number of nitrogens with one attached hydrogen (secondary N) is 1. The van der Waals surface area contributed by atoms with Crippen LogP contribution in [-0.2, 0) is 27.9 Å². The highest BCUT2D eigenvalue weighted by Gasteiger charge is 2.23. The van der Waals surface area contributed by atoms with E-state index < -0.39 is 26.5 Å². The lowest BCUT2D eigenvalue weighted by Gasteiger charge is -2.15. The molecule has 0 radical (unpaired) electrons. The normalized spacial score (nSPS) is 13.9. The number of hydrogen-bond acceptors (Lipinski definition) is 7. The SMILES string of the molecule is CC/C=C\C/C=C\C/C=C\C/C=C\C/C=C\CCCCCCCC(=O)OCC(O)COP(=O)(O)OCCNC(=O)CCCCCCCCC/C=C\CCCCCCCC. The molecule has 9 nitrogen and oxygen atoms in total. The predicted octanol–water partition coefficient (Wildman–Crippen LogP) is 13.4. The zero-order valence-electron chi connectivity index (χ0n) is 37.4. The zero-order valence-corrected chi connectivity index (χ0v) is 38.3. The first-order chi connectivity index (χ1) is 28.8. The molecule has 0 aromatic rings. The maximum Gasteiger partial charge on any atom is 0.472 e. The fraction of sp³-hybridized carbons (Fsp3) is 0.714. The largest absolute Gasteiger partial charge is 0.472 e. The van der Waals surface area contributed by atoms with Crippen molar-refractivity contribution in [3.8, 4) is 0 Å². The van der Waals surface area contributed by atoms with E-state index in [1.54, 1.807) is 0 Å². The summed E-state index contributed by atoms with van der Waals surface area (Å²) in [6, 6.07) is 0. The van der Waals surface area contributed by atoms with Crippen LogP contribution in [0.4, 0.5) is 0 Å². The Hall–Kier alpha value is -2.55. The summed E-state index contributed by atoms with van der Waals surface area (Å²) >= 11 is 0. The van der Waals surface area contributed by atoms with E-state index in [0.29, 0.717) is 12.8 Å². The smallest absolute Gasteiger partial charge is 0.463 e. The Morgan fingerprint density at radius 1 is 0.542 bits per heavy atom. The molecule has 0 aliphatic carbocycles. The standard InChI is InChI=1S/C49H86NO8P/c1-3-5-7-9-11-13-15-17-19-21-22-23-24-26-28-30-32-34-36-38-40-42-49(53)56-45-47(51)46-58-59(54,55)57-44-43-50-48(52)41-39-37-35-33-31-29-27-25-20-18-16-14-12-10-8-6-4-2/h5,7,11,13,17-20,22-23,26,28,47,51H,3-4,6,8-10,12,14-16,21,24-25,27,29-46H2,1-2H3,(H,50,52)(H,54,55)/b7-5-,13-11-,19-17-,20-18-,23-22-,28-26-. The van der Waals surface area contributed by atoms with Crippen molar-refractivity contribution in [1.29, 1.82) is 0 Å². The summed E-state index contributed by atoms with van der Waals surface area (Å²) in [5, 5.41) is 12.7. The summed E-state index contributed by atoms with van der Waals surface area (Å²) < 4.78 is 26.9. The maximum absolute atomic E-state index is 12.1. The summed E-state index contributed by atoms with van der Waals surface area (Å²) in [4.78, 5) is 34.0. The lowest BCUT2D eigenvalue weighted by molar-refractivity contribution is -0.147. The molecule has 10 heteroatoms. The zero-order chi connectivity index (χ0) is 43.2. The molecule has 59 heavy (non-hydrogen) atoms. The quantitative estimate of drug-likeness (QED) is 0.0239. The van der Waals surface area contributed by atoms with Crippen LogP contribution < -0.4 is 5.32 Å². The molecule has 0 aliphatic heterocycles. The lowest BCUT2D eigenvalue weighted by Crippen LogP contribution is -2.27. The van der Waals surface area contributed by atoms with Crippen LogP contribution in [-0.4, -0.2) is 54.3 Å². The van der Waals surface area contributed by atoms with Crippen LogP contribution in [0.15, 0.2) is 72.9 Å². The molecule has 1 amide bonds. The monoisotopic (exact) mass is 848 g/mol. The topological polar surface area (TPSA) is 131 Å². The van der Waals surface area contributed by atoms with Gasteiger partial charge in [0.15, 0.2) is 0 Å². The Bertz CT molecular complexity index is 1190. The molecule has 340 valence electrons. The van der Waals surface area contributed by atoms with Gasteiger partial charge in [0.05, 0.1) is 13.2 Å². The van der Waals surface area contributed by atoms with E-state index in [1.807, 2.05) is 0 Å². The van der Waals surface area contributed by atoms with Crippen LogP contribution in [0.25, 0.3) is 0 Å². The highest BCUT2D eigenvalue weighted by molar-refractivity contribution is 7.47. The van der Waals surface area contributed by atoms with Gasteiger partial charge in [0.1, 0.15) is 12.7 Å². The number of carbonyl (C=O) groups is 2. The maximum atomic E-state index is 12.1. The van der Waals surface area contributed by atoms with E-state index in [0.717, 1.165) is 83.5 Å². The van der Waals surface area contributed by atoms with Crippen molar-refractivity contribution in [3.05, 3.63) is 72.9 Å². The molecule has 0 bridgehead atoms. The van der Waals surface area contributed by atoms with E-state index in [1.165, 1.54) is 77.0 Å². The number of allylic oxidation sites excluding steroid dienone is 12. The average molecular weight is 848 g/mol. The molecule has 2 atom stereocenters. The van der Waals surface area contributed by atoms with Gasteiger partial charge in [-0.15, -0.1) is 0 Å². The summed E-state index contributed by atoms with van der Waals surface area (Å²) in [6.07, 6.45) is 55.4. The Morgan fingerprint density at radius 3 is 1.47 bits per heavy atom. The van der Waals surface area contributed by atoms with Crippen molar-refractivity contribution in [2.24, 2.45) is 0 Å². The summed E-state index contributed by atoms with van der Waals surface area (Å²) in [5.74, 6) is -0.542. The first-order valence-electron chi connectivity index (χ1n) is 23.4. The number of aliphatic hydroxyl groups is 1. The minimum atomic E-state index is -4.43. The predicted molar refractivity (Wildman–Crippen MR) is 247 cm³/mol. The minimum Gasteiger partial charge on any atom is -0.463 e. The Labute approximate surface area is 360 Å². The van der Waals surface area contributed by atoms with Crippen molar-refractivity contribution in [2.45, 2.75) is 200 Å². The van der Waals surface area contributed by atoms with Crippen molar-refractivity contribution < 1.29 is 37.9 Å². The number of carbonyl (C=O) groups excluding carboxylic acids is 2. The fourth-order valence-corrected chi connectivity index (χ4v) is 6.86. The first kappa shape index (κ1) is 56.5. The third-order valence-corrected chi connectivity index (χ3v) is 10.6. The second kappa shape index (κ2) is 45.0. The second-order valence-electron chi connectivity index (χ2n) is 15.3. The van der Waals surface area contributed by atoms with Crippen LogP contribution >= 0.6 is 7.82 Å². The minimum absolute atomic E-state index is 0.0740. The van der Waals surface area contributed by atoms with Crippen LogP contribution in [0.1, 0.15) is 194 Å². The highest BCUT2D eigenvalue weighted by Crippen LogP contribution is 2.42. The fourth-order valence-electron chi connectivity index (χ4n) is 6.11. The van der Waals surface area contributed by atoms with E-state index in [2.05, 4.69) is 92.1 Å². The third-order valence-electron chi connectivity index (χ3n) is 9.62. The molecule has 0 aromatic heterocycles. The third kappa shape index (κ3) is 46.4. The first-order valence-corrected chi connectivity index (χ1v) is 24.9. The molecule has 2 unspecified atom stereocenters. The van der Waals surface area contributed by atoms with Gasteiger partial charge in [-0.2, -0.15) is 0 Å². The Morgan fingerprint density at radius 2 is 0.966 bits per heavy atom. The van der Waals surface area contributed by atoms with Crippen LogP contribution in [0.5, 0.6) is 0 Å². The number of esters is 1. The number of phosphoric acid groups is 1. The second-order valence-corrected chi connectivity index (χ2v) is 16.8. The van der Waals surface area contributed by atoms with Crippen molar-refractivity contribution in [3.63, 3.8) is 0 Å². The van der Waals surface area contributed by atoms with Crippen LogP contribution in [0, 0.1) is 0 Å². The number of aliphatic hydroxyl groups excluding tert-OH is 1. The molecular formula is C49H86NO8P. The van der Waals surface area contributed by atoms with E-state index >= 15 is 0 Å². The van der Waals surface area contributed by atoms with Gasteiger partial charge in [0, 0.05) is 19.4 Å².